The van der Waals surface area contributed by atoms with Crippen molar-refractivity contribution in [3.63, 3.8) is 0 Å². The Balaban J connectivity index is 3.15. The van der Waals surface area contributed by atoms with Crippen molar-refractivity contribution in [2.75, 3.05) is 13.2 Å². The first-order valence-electron chi connectivity index (χ1n) is 5.55. The zero-order chi connectivity index (χ0) is 12.2. The van der Waals surface area contributed by atoms with Crippen molar-refractivity contribution in [2.24, 2.45) is 0 Å². The van der Waals surface area contributed by atoms with Crippen molar-refractivity contribution in [3.8, 4) is 0 Å². The maximum Gasteiger partial charge on any atom is 0.371 e. The summed E-state index contributed by atoms with van der Waals surface area (Å²) >= 11 is 1.47. The topological polar surface area (TPSA) is 35.5 Å². The summed E-state index contributed by atoms with van der Waals surface area (Å²) in [6.07, 6.45) is 0.856. The smallest absolute Gasteiger partial charge is 0.305 e. The molecule has 1 rings (SSSR count). The highest BCUT2D eigenvalue weighted by atomic mass is 32.1. The molecule has 0 fully saturated rings. The van der Waals surface area contributed by atoms with E-state index >= 15 is 0 Å². The highest BCUT2D eigenvalue weighted by molar-refractivity contribution is 7.68. The van der Waals surface area contributed by atoms with Crippen LogP contribution in [0.5, 0.6) is 0 Å². The molecule has 0 aliphatic rings. The predicted octanol–water partition coefficient (Wildman–Crippen LogP) is 3.51. The molecule has 0 aromatic carbocycles. The van der Waals surface area contributed by atoms with Gasteiger partial charge in [-0.15, -0.1) is 11.3 Å². The van der Waals surface area contributed by atoms with Crippen LogP contribution in [0.3, 0.4) is 0 Å². The van der Waals surface area contributed by atoms with Gasteiger partial charge in [0.25, 0.3) is 0 Å². The number of hydrogen-bond acceptors (Lipinski definition) is 4. The van der Waals surface area contributed by atoms with Crippen LogP contribution in [-0.4, -0.2) is 13.2 Å². The number of hydrogen-bond donors (Lipinski definition) is 0. The van der Waals surface area contributed by atoms with Crippen LogP contribution in [0.4, 0.5) is 0 Å². The van der Waals surface area contributed by atoms with Crippen molar-refractivity contribution in [1.82, 2.24) is 0 Å². The van der Waals surface area contributed by atoms with Gasteiger partial charge in [0.1, 0.15) is 4.62 Å². The Kier molecular flexibility index (Phi) is 5.19. The maximum atomic E-state index is 12.6. The number of thiophene rings is 1. The van der Waals surface area contributed by atoms with Crippen LogP contribution in [-0.2, 0) is 20.0 Å². The van der Waals surface area contributed by atoms with Crippen LogP contribution in [0.1, 0.15) is 31.9 Å². The Morgan fingerprint density at radius 3 is 2.25 bits per heavy atom. The van der Waals surface area contributed by atoms with Gasteiger partial charge in [-0.2, -0.15) is 0 Å². The normalized spacial score (nSPS) is 12.0. The van der Waals surface area contributed by atoms with Gasteiger partial charge in [-0.05, 0) is 43.7 Å². The lowest BCUT2D eigenvalue weighted by molar-refractivity contribution is 0.230. The van der Waals surface area contributed by atoms with Gasteiger partial charge in [0.05, 0.1) is 13.2 Å². The zero-order valence-corrected chi connectivity index (χ0v) is 12.0. The maximum absolute atomic E-state index is 12.6. The Morgan fingerprint density at radius 2 is 1.81 bits per heavy atom. The average Bonchev–Trinajstić information content (AvgIpc) is 2.60. The van der Waals surface area contributed by atoms with Crippen LogP contribution in [0, 0.1) is 6.92 Å². The molecule has 1 aromatic rings. The molecule has 0 radical (unpaired) electrons. The summed E-state index contributed by atoms with van der Waals surface area (Å²) in [5, 5.41) is 2.01. The minimum absolute atomic E-state index is 0.400. The molecule has 0 aliphatic carbocycles. The first-order chi connectivity index (χ1) is 7.59. The summed E-state index contributed by atoms with van der Waals surface area (Å²) in [5.74, 6) is 0. The fraction of sp³-hybridized carbons (Fsp3) is 0.636. The minimum atomic E-state index is -3.09. The molecule has 0 bridgehead atoms. The third kappa shape index (κ3) is 2.75. The quantitative estimate of drug-likeness (QED) is 0.736. The predicted molar refractivity (Wildman–Crippen MR) is 68.9 cm³/mol. The molecule has 0 amide bonds. The summed E-state index contributed by atoms with van der Waals surface area (Å²) in [7, 11) is -3.09. The zero-order valence-electron chi connectivity index (χ0n) is 10.3. The highest BCUT2D eigenvalue weighted by Gasteiger charge is 2.31. The summed E-state index contributed by atoms with van der Waals surface area (Å²) < 4.78 is 24.1. The van der Waals surface area contributed by atoms with E-state index in [-0.39, 0.29) is 0 Å². The first-order valence-corrected chi connectivity index (χ1v) is 7.97. The Bertz CT molecular complexity index is 377. The Hall–Kier alpha value is -0.150. The van der Waals surface area contributed by atoms with Gasteiger partial charge in [-0.25, -0.2) is 0 Å². The monoisotopic (exact) mass is 262 g/mol. The van der Waals surface area contributed by atoms with E-state index in [1.165, 1.54) is 16.9 Å². The molecule has 92 valence electrons. The van der Waals surface area contributed by atoms with Crippen molar-refractivity contribution >= 4 is 23.6 Å². The molecule has 0 saturated heterocycles. The second kappa shape index (κ2) is 5.97. The molecule has 3 nitrogen and oxygen atoms in total. The van der Waals surface area contributed by atoms with E-state index in [0.29, 0.717) is 13.2 Å². The standard InChI is InChI=1S/C11H19O3PS/c1-5-10-9(4)8-16-11(10)15(12,13-6-2)14-7-3/h8H,5-7H2,1-4H3. The summed E-state index contributed by atoms with van der Waals surface area (Å²) in [6, 6.07) is 0. The fourth-order valence-corrected chi connectivity index (χ4v) is 5.13. The lowest BCUT2D eigenvalue weighted by Gasteiger charge is -2.17. The van der Waals surface area contributed by atoms with Gasteiger partial charge < -0.3 is 9.05 Å². The van der Waals surface area contributed by atoms with Crippen LogP contribution >= 0.6 is 18.9 Å². The SMILES string of the molecule is CCOP(=O)(OCC)c1scc(C)c1CC. The molecule has 0 N–H and O–H groups in total. The average molecular weight is 262 g/mol. The number of rotatable bonds is 6. The Morgan fingerprint density at radius 1 is 1.25 bits per heavy atom. The van der Waals surface area contributed by atoms with Gasteiger partial charge in [0.15, 0.2) is 0 Å². The van der Waals surface area contributed by atoms with Crippen molar-refractivity contribution in [2.45, 2.75) is 34.1 Å². The summed E-state index contributed by atoms with van der Waals surface area (Å²) in [4.78, 5) is 0. The van der Waals surface area contributed by atoms with E-state index in [1.54, 1.807) is 0 Å². The van der Waals surface area contributed by atoms with Crippen LogP contribution < -0.4 is 4.62 Å². The van der Waals surface area contributed by atoms with E-state index < -0.39 is 7.60 Å². The fourth-order valence-electron chi connectivity index (χ4n) is 1.61. The van der Waals surface area contributed by atoms with E-state index in [9.17, 15) is 4.57 Å². The molecule has 0 saturated carbocycles. The van der Waals surface area contributed by atoms with Gasteiger partial charge in [0.2, 0.25) is 0 Å². The van der Waals surface area contributed by atoms with Crippen molar-refractivity contribution < 1.29 is 13.6 Å². The van der Waals surface area contributed by atoms with Gasteiger partial charge >= 0.3 is 7.60 Å². The molecule has 0 spiro atoms. The molecule has 0 atom stereocenters. The molecule has 5 heteroatoms. The third-order valence-corrected chi connectivity index (χ3v) is 6.17. The lowest BCUT2D eigenvalue weighted by atomic mass is 10.2. The third-order valence-electron chi connectivity index (χ3n) is 2.28. The van der Waals surface area contributed by atoms with Crippen molar-refractivity contribution in [1.29, 1.82) is 0 Å². The largest absolute Gasteiger partial charge is 0.371 e. The molecular formula is C11H19O3PS. The van der Waals surface area contributed by atoms with Crippen LogP contribution in [0.15, 0.2) is 5.38 Å². The second-order valence-electron chi connectivity index (χ2n) is 3.39. The first kappa shape index (κ1) is 13.9. The highest BCUT2D eigenvalue weighted by Crippen LogP contribution is 2.49. The molecule has 16 heavy (non-hydrogen) atoms. The second-order valence-corrected chi connectivity index (χ2v) is 6.53. The number of aryl methyl sites for hydroxylation is 1. The van der Waals surface area contributed by atoms with Gasteiger partial charge in [-0.1, -0.05) is 6.92 Å². The molecule has 0 unspecified atom stereocenters. The van der Waals surface area contributed by atoms with E-state index in [0.717, 1.165) is 16.6 Å². The molecule has 0 aliphatic heterocycles. The van der Waals surface area contributed by atoms with E-state index in [2.05, 4.69) is 6.92 Å². The summed E-state index contributed by atoms with van der Waals surface area (Å²) in [5.41, 5.74) is 2.28. The van der Waals surface area contributed by atoms with Crippen molar-refractivity contribution in [3.05, 3.63) is 16.5 Å². The minimum Gasteiger partial charge on any atom is -0.305 e. The van der Waals surface area contributed by atoms with E-state index in [4.69, 9.17) is 9.05 Å². The van der Waals surface area contributed by atoms with Gasteiger partial charge in [0, 0.05) is 0 Å². The van der Waals surface area contributed by atoms with Crippen LogP contribution in [0.25, 0.3) is 0 Å². The summed E-state index contributed by atoms with van der Waals surface area (Å²) in [6.45, 7) is 8.55. The molecule has 1 heterocycles. The molecule has 1 aromatic heterocycles. The van der Waals surface area contributed by atoms with Gasteiger partial charge in [-0.3, -0.25) is 4.57 Å². The Labute approximate surface area is 101 Å². The lowest BCUT2D eigenvalue weighted by Crippen LogP contribution is -2.11. The van der Waals surface area contributed by atoms with E-state index in [1.807, 2.05) is 26.2 Å². The molecular weight excluding hydrogens is 243 g/mol. The van der Waals surface area contributed by atoms with Crippen LogP contribution in [0.2, 0.25) is 0 Å².